The fourth-order valence-corrected chi connectivity index (χ4v) is 3.55. The Morgan fingerprint density at radius 2 is 2.10 bits per heavy atom. The predicted molar refractivity (Wildman–Crippen MR) is 81.5 cm³/mol. The van der Waals surface area contributed by atoms with Gasteiger partial charge >= 0.3 is 0 Å². The van der Waals surface area contributed by atoms with Crippen LogP contribution in [0.5, 0.6) is 0 Å². The number of carbonyl (C=O) groups excluding carboxylic acids is 1. The summed E-state index contributed by atoms with van der Waals surface area (Å²) in [5, 5.41) is 4.09. The van der Waals surface area contributed by atoms with Gasteiger partial charge in [-0.25, -0.2) is 0 Å². The van der Waals surface area contributed by atoms with E-state index in [9.17, 15) is 4.79 Å². The van der Waals surface area contributed by atoms with Crippen LogP contribution in [0.1, 0.15) is 35.4 Å². The summed E-state index contributed by atoms with van der Waals surface area (Å²) in [6, 6.07) is 2.30. The molecule has 0 atom stereocenters. The number of nitrogens with one attached hydrogen (secondary N) is 1. The summed E-state index contributed by atoms with van der Waals surface area (Å²) in [7, 11) is 1.77. The van der Waals surface area contributed by atoms with Crippen LogP contribution in [-0.2, 0) is 4.74 Å². The zero-order chi connectivity index (χ0) is 14.1. The zero-order valence-electron chi connectivity index (χ0n) is 11.7. The van der Waals surface area contributed by atoms with E-state index in [0.29, 0.717) is 22.7 Å². The van der Waals surface area contributed by atoms with Crippen molar-refractivity contribution in [2.75, 3.05) is 30.8 Å². The van der Waals surface area contributed by atoms with Gasteiger partial charge in [-0.3, -0.25) is 4.79 Å². The Morgan fingerprint density at radius 3 is 2.70 bits per heavy atom. The Balaban J connectivity index is 1.67. The van der Waals surface area contributed by atoms with Gasteiger partial charge in [-0.1, -0.05) is 0 Å². The number of ether oxygens (including phenoxy) is 1. The quantitative estimate of drug-likeness (QED) is 0.889. The number of hydrogen-bond acceptors (Lipinski definition) is 5. The van der Waals surface area contributed by atoms with Gasteiger partial charge in [0.15, 0.2) is 0 Å². The van der Waals surface area contributed by atoms with Crippen molar-refractivity contribution in [1.82, 2.24) is 5.32 Å². The van der Waals surface area contributed by atoms with E-state index in [2.05, 4.69) is 10.2 Å². The van der Waals surface area contributed by atoms with Gasteiger partial charge in [0.2, 0.25) is 0 Å². The van der Waals surface area contributed by atoms with Crippen molar-refractivity contribution in [3.8, 4) is 0 Å². The minimum Gasteiger partial charge on any atom is -0.397 e. The number of nitrogen functional groups attached to an aromatic ring is 1. The molecule has 1 saturated heterocycles. The fraction of sp³-hybridized carbons (Fsp3) is 0.643. The molecule has 6 heteroatoms. The summed E-state index contributed by atoms with van der Waals surface area (Å²) >= 11 is 1.50. The van der Waals surface area contributed by atoms with Gasteiger partial charge in [-0.2, -0.15) is 0 Å². The lowest BCUT2D eigenvalue weighted by Gasteiger charge is -2.31. The normalized spacial score (nSPS) is 20.1. The molecule has 0 aromatic carbocycles. The molecule has 0 spiro atoms. The first kappa shape index (κ1) is 13.7. The molecule has 5 nitrogen and oxygen atoms in total. The number of nitrogens with two attached hydrogens (primary N) is 1. The molecule has 1 aromatic rings. The average molecular weight is 295 g/mol. The van der Waals surface area contributed by atoms with E-state index in [-0.39, 0.29) is 5.91 Å². The number of nitrogens with zero attached hydrogens (tertiary/aromatic N) is 1. The third kappa shape index (κ3) is 2.91. The van der Waals surface area contributed by atoms with Crippen LogP contribution in [0.2, 0.25) is 0 Å². The molecule has 2 aliphatic rings. The van der Waals surface area contributed by atoms with Crippen LogP contribution in [0.25, 0.3) is 0 Å². The molecular formula is C14H21N3O2S. The number of hydrogen-bond donors (Lipinski definition) is 2. The molecule has 0 unspecified atom stereocenters. The van der Waals surface area contributed by atoms with E-state index in [1.54, 1.807) is 7.11 Å². The molecule has 3 N–H and O–H groups in total. The highest BCUT2D eigenvalue weighted by molar-refractivity contribution is 7.18. The maximum absolute atomic E-state index is 12.1. The van der Waals surface area contributed by atoms with E-state index in [4.69, 9.17) is 10.5 Å². The molecule has 2 fully saturated rings. The van der Waals surface area contributed by atoms with Gasteiger partial charge in [0.05, 0.1) is 16.8 Å². The number of anilines is 2. The van der Waals surface area contributed by atoms with E-state index >= 15 is 0 Å². The Labute approximate surface area is 123 Å². The molecule has 1 saturated carbocycles. The maximum Gasteiger partial charge on any atom is 0.263 e. The summed E-state index contributed by atoms with van der Waals surface area (Å²) in [6.07, 6.45) is 4.60. The number of thiophene rings is 1. The van der Waals surface area contributed by atoms with Crippen molar-refractivity contribution in [1.29, 1.82) is 0 Å². The Hall–Kier alpha value is -1.27. The lowest BCUT2D eigenvalue weighted by atomic mass is 10.1. The number of methoxy groups -OCH3 is 1. The molecule has 0 bridgehead atoms. The molecule has 20 heavy (non-hydrogen) atoms. The standard InChI is InChI=1S/C14H21N3O2S/c1-19-10-4-6-17(7-5-10)12-8-11(15)13(20-12)14(18)16-9-2-3-9/h8-10H,2-7,15H2,1H3,(H,16,18). The summed E-state index contributed by atoms with van der Waals surface area (Å²) in [6.45, 7) is 1.92. The molecule has 110 valence electrons. The second-order valence-electron chi connectivity index (χ2n) is 5.54. The van der Waals surface area contributed by atoms with Gasteiger partial charge in [0, 0.05) is 26.2 Å². The van der Waals surface area contributed by atoms with E-state index in [1.807, 2.05) is 6.07 Å². The average Bonchev–Trinajstić information content (AvgIpc) is 3.18. The van der Waals surface area contributed by atoms with Gasteiger partial charge in [-0.15, -0.1) is 11.3 Å². The molecule has 1 aliphatic carbocycles. The smallest absolute Gasteiger partial charge is 0.263 e. The molecule has 2 heterocycles. The van der Waals surface area contributed by atoms with Crippen LogP contribution in [0.15, 0.2) is 6.07 Å². The molecular weight excluding hydrogens is 274 g/mol. The second-order valence-corrected chi connectivity index (χ2v) is 6.57. The van der Waals surface area contributed by atoms with Gasteiger partial charge in [0.1, 0.15) is 4.88 Å². The van der Waals surface area contributed by atoms with Crippen molar-refractivity contribution in [3.63, 3.8) is 0 Å². The van der Waals surface area contributed by atoms with Crippen LogP contribution in [0, 0.1) is 0 Å². The van der Waals surface area contributed by atoms with Crippen LogP contribution in [0.3, 0.4) is 0 Å². The Kier molecular flexibility index (Phi) is 3.85. The van der Waals surface area contributed by atoms with E-state index < -0.39 is 0 Å². The molecule has 3 rings (SSSR count). The first-order valence-corrected chi connectivity index (χ1v) is 7.97. The summed E-state index contributed by atoms with van der Waals surface area (Å²) in [4.78, 5) is 15.0. The van der Waals surface area contributed by atoms with Crippen LogP contribution in [0.4, 0.5) is 10.7 Å². The number of piperidine rings is 1. The van der Waals surface area contributed by atoms with Gasteiger partial charge < -0.3 is 20.7 Å². The lowest BCUT2D eigenvalue weighted by Crippen LogP contribution is -2.36. The van der Waals surface area contributed by atoms with Crippen molar-refractivity contribution in [3.05, 3.63) is 10.9 Å². The van der Waals surface area contributed by atoms with Crippen molar-refractivity contribution >= 4 is 27.9 Å². The van der Waals surface area contributed by atoms with E-state index in [0.717, 1.165) is 43.8 Å². The topological polar surface area (TPSA) is 67.6 Å². The van der Waals surface area contributed by atoms with Crippen LogP contribution >= 0.6 is 11.3 Å². The molecule has 1 aromatic heterocycles. The number of carbonyl (C=O) groups is 1. The number of rotatable bonds is 4. The molecule has 1 amide bonds. The van der Waals surface area contributed by atoms with Gasteiger partial charge in [0.25, 0.3) is 5.91 Å². The van der Waals surface area contributed by atoms with Crippen LogP contribution in [-0.4, -0.2) is 38.3 Å². The largest absolute Gasteiger partial charge is 0.397 e. The van der Waals surface area contributed by atoms with Crippen LogP contribution < -0.4 is 16.0 Å². The zero-order valence-corrected chi connectivity index (χ0v) is 12.5. The third-order valence-corrected chi connectivity index (χ3v) is 5.16. The summed E-state index contributed by atoms with van der Waals surface area (Å²) in [5.41, 5.74) is 6.59. The Bertz CT molecular complexity index is 491. The fourth-order valence-electron chi connectivity index (χ4n) is 2.52. The SMILES string of the molecule is COC1CCN(c2cc(N)c(C(=O)NC3CC3)s2)CC1. The third-order valence-electron chi connectivity index (χ3n) is 3.95. The lowest BCUT2D eigenvalue weighted by molar-refractivity contribution is 0.0820. The van der Waals surface area contributed by atoms with Crippen molar-refractivity contribution in [2.24, 2.45) is 0 Å². The summed E-state index contributed by atoms with van der Waals surface area (Å²) in [5.74, 6) is -0.0203. The first-order chi connectivity index (χ1) is 9.67. The highest BCUT2D eigenvalue weighted by Gasteiger charge is 2.27. The first-order valence-electron chi connectivity index (χ1n) is 7.15. The van der Waals surface area contributed by atoms with Gasteiger partial charge in [-0.05, 0) is 31.7 Å². The highest BCUT2D eigenvalue weighted by atomic mass is 32.1. The van der Waals surface area contributed by atoms with E-state index in [1.165, 1.54) is 11.3 Å². The molecule has 1 aliphatic heterocycles. The van der Waals surface area contributed by atoms with Crippen molar-refractivity contribution < 1.29 is 9.53 Å². The highest BCUT2D eigenvalue weighted by Crippen LogP contribution is 2.34. The predicted octanol–water partition coefficient (Wildman–Crippen LogP) is 1.84. The monoisotopic (exact) mass is 295 g/mol. The summed E-state index contributed by atoms with van der Waals surface area (Å²) < 4.78 is 5.38. The minimum absolute atomic E-state index is 0.0203. The minimum atomic E-state index is -0.0203. The van der Waals surface area contributed by atoms with Crippen molar-refractivity contribution in [2.45, 2.75) is 37.8 Å². The second kappa shape index (κ2) is 5.61. The molecule has 0 radical (unpaired) electrons. The Morgan fingerprint density at radius 1 is 1.40 bits per heavy atom. The number of amides is 1. The maximum atomic E-state index is 12.1.